The molecule has 0 atom stereocenters. The first-order valence-corrected chi connectivity index (χ1v) is 8.29. The van der Waals surface area contributed by atoms with Crippen molar-refractivity contribution in [2.75, 3.05) is 19.6 Å². The van der Waals surface area contributed by atoms with Crippen LogP contribution in [0.3, 0.4) is 0 Å². The largest absolute Gasteiger partial charge is 0.337 e. The highest BCUT2D eigenvalue weighted by Crippen LogP contribution is 2.29. The van der Waals surface area contributed by atoms with Gasteiger partial charge in [0.15, 0.2) is 0 Å². The zero-order valence-corrected chi connectivity index (χ0v) is 12.3. The van der Waals surface area contributed by atoms with E-state index >= 15 is 0 Å². The van der Waals surface area contributed by atoms with E-state index in [1.165, 1.54) is 4.31 Å². The van der Waals surface area contributed by atoms with Crippen molar-refractivity contribution in [1.29, 1.82) is 0 Å². The molecule has 0 aromatic heterocycles. The molecule has 1 aliphatic carbocycles. The Morgan fingerprint density at radius 3 is 2.30 bits per heavy atom. The van der Waals surface area contributed by atoms with Crippen molar-refractivity contribution in [3.63, 3.8) is 0 Å². The third kappa shape index (κ3) is 2.45. The molecule has 0 unspecified atom stereocenters. The SMILES string of the molecule is Cc1ccc(S(=O)(=O)N2CCN(C3CC3)C(=O)C2)cc1. The van der Waals surface area contributed by atoms with E-state index in [9.17, 15) is 13.2 Å². The quantitative estimate of drug-likeness (QED) is 0.835. The molecule has 5 nitrogen and oxygen atoms in total. The Hall–Kier alpha value is -1.40. The van der Waals surface area contributed by atoms with Crippen LogP contribution in [0, 0.1) is 6.92 Å². The van der Waals surface area contributed by atoms with Crippen molar-refractivity contribution in [3.05, 3.63) is 29.8 Å². The van der Waals surface area contributed by atoms with Gasteiger partial charge in [-0.15, -0.1) is 0 Å². The first kappa shape index (κ1) is 13.6. The fourth-order valence-electron chi connectivity index (χ4n) is 2.50. The Bertz CT molecular complexity index is 620. The fourth-order valence-corrected chi connectivity index (χ4v) is 3.88. The van der Waals surface area contributed by atoms with Gasteiger partial charge in [0, 0.05) is 19.1 Å². The van der Waals surface area contributed by atoms with Crippen molar-refractivity contribution in [2.24, 2.45) is 0 Å². The molecule has 1 saturated carbocycles. The second-order valence-electron chi connectivity index (χ2n) is 5.47. The van der Waals surface area contributed by atoms with E-state index in [1.807, 2.05) is 11.8 Å². The van der Waals surface area contributed by atoms with Gasteiger partial charge >= 0.3 is 0 Å². The second kappa shape index (κ2) is 4.86. The second-order valence-corrected chi connectivity index (χ2v) is 7.41. The fraction of sp³-hybridized carbons (Fsp3) is 0.500. The van der Waals surface area contributed by atoms with Crippen LogP contribution in [0.5, 0.6) is 0 Å². The van der Waals surface area contributed by atoms with E-state index in [2.05, 4.69) is 0 Å². The molecule has 2 fully saturated rings. The molecule has 0 N–H and O–H groups in total. The molecule has 0 spiro atoms. The number of amides is 1. The highest BCUT2D eigenvalue weighted by atomic mass is 32.2. The van der Waals surface area contributed by atoms with Crippen LogP contribution in [-0.2, 0) is 14.8 Å². The lowest BCUT2D eigenvalue weighted by molar-refractivity contribution is -0.134. The van der Waals surface area contributed by atoms with Gasteiger partial charge in [0.1, 0.15) is 0 Å². The van der Waals surface area contributed by atoms with Crippen LogP contribution >= 0.6 is 0 Å². The summed E-state index contributed by atoms with van der Waals surface area (Å²) in [6.07, 6.45) is 2.10. The first-order chi connectivity index (χ1) is 9.48. The molecule has 108 valence electrons. The third-order valence-corrected chi connectivity index (χ3v) is 5.73. The molecule has 1 saturated heterocycles. The molecule has 20 heavy (non-hydrogen) atoms. The Morgan fingerprint density at radius 2 is 1.75 bits per heavy atom. The number of benzene rings is 1. The van der Waals surface area contributed by atoms with Gasteiger partial charge in [-0.3, -0.25) is 4.79 Å². The predicted octanol–water partition coefficient (Wildman–Crippen LogP) is 0.990. The zero-order chi connectivity index (χ0) is 14.3. The van der Waals surface area contributed by atoms with Gasteiger partial charge < -0.3 is 4.90 Å². The van der Waals surface area contributed by atoms with Crippen molar-refractivity contribution in [1.82, 2.24) is 9.21 Å². The topological polar surface area (TPSA) is 57.7 Å². The van der Waals surface area contributed by atoms with Crippen LogP contribution in [0.2, 0.25) is 0 Å². The number of hydrogen-bond acceptors (Lipinski definition) is 3. The van der Waals surface area contributed by atoms with Gasteiger partial charge in [-0.2, -0.15) is 4.31 Å². The van der Waals surface area contributed by atoms with Crippen LogP contribution in [0.25, 0.3) is 0 Å². The van der Waals surface area contributed by atoms with E-state index in [0.717, 1.165) is 18.4 Å². The summed E-state index contributed by atoms with van der Waals surface area (Å²) in [7, 11) is -3.55. The van der Waals surface area contributed by atoms with E-state index in [0.29, 0.717) is 19.1 Å². The number of carbonyl (C=O) groups is 1. The maximum atomic E-state index is 12.5. The van der Waals surface area contributed by atoms with Gasteiger partial charge in [-0.05, 0) is 31.9 Å². The lowest BCUT2D eigenvalue weighted by atomic mass is 10.2. The summed E-state index contributed by atoms with van der Waals surface area (Å²) in [5, 5.41) is 0. The Morgan fingerprint density at radius 1 is 1.10 bits per heavy atom. The summed E-state index contributed by atoms with van der Waals surface area (Å²) >= 11 is 0. The summed E-state index contributed by atoms with van der Waals surface area (Å²) in [6.45, 7) is 2.77. The molecular weight excluding hydrogens is 276 g/mol. The van der Waals surface area contributed by atoms with E-state index in [-0.39, 0.29) is 17.3 Å². The molecule has 2 aliphatic rings. The molecule has 3 rings (SSSR count). The Kier molecular flexibility index (Phi) is 3.30. The number of aryl methyl sites for hydroxylation is 1. The van der Waals surface area contributed by atoms with Crippen molar-refractivity contribution < 1.29 is 13.2 Å². The number of carbonyl (C=O) groups excluding carboxylic acids is 1. The van der Waals surface area contributed by atoms with Gasteiger partial charge in [0.2, 0.25) is 15.9 Å². The number of nitrogens with zero attached hydrogens (tertiary/aromatic N) is 2. The molecule has 0 bridgehead atoms. The number of sulfonamides is 1. The Labute approximate surface area is 119 Å². The zero-order valence-electron chi connectivity index (χ0n) is 11.4. The van der Waals surface area contributed by atoms with Crippen molar-refractivity contribution >= 4 is 15.9 Å². The summed E-state index contributed by atoms with van der Waals surface area (Å²) in [5.41, 5.74) is 1.01. The summed E-state index contributed by atoms with van der Waals surface area (Å²) in [6, 6.07) is 7.10. The number of hydrogen-bond donors (Lipinski definition) is 0. The summed E-state index contributed by atoms with van der Waals surface area (Å²) in [5.74, 6) is -0.0746. The standard InChI is InChI=1S/C14H18N2O3S/c1-11-2-6-13(7-3-11)20(18,19)15-8-9-16(12-4-5-12)14(17)10-15/h2-3,6-7,12H,4-5,8-10H2,1H3. The summed E-state index contributed by atoms with van der Waals surface area (Å²) in [4.78, 5) is 14.1. The minimum atomic E-state index is -3.55. The summed E-state index contributed by atoms with van der Waals surface area (Å²) < 4.78 is 26.3. The molecule has 6 heteroatoms. The molecule has 0 radical (unpaired) electrons. The smallest absolute Gasteiger partial charge is 0.243 e. The maximum Gasteiger partial charge on any atom is 0.243 e. The van der Waals surface area contributed by atoms with Crippen molar-refractivity contribution in [2.45, 2.75) is 30.7 Å². The molecule has 1 amide bonds. The lowest BCUT2D eigenvalue weighted by Gasteiger charge is -2.33. The Balaban J connectivity index is 1.78. The van der Waals surface area contributed by atoms with Gasteiger partial charge in [0.25, 0.3) is 0 Å². The first-order valence-electron chi connectivity index (χ1n) is 6.85. The maximum absolute atomic E-state index is 12.5. The van der Waals surface area contributed by atoms with E-state index in [4.69, 9.17) is 0 Å². The van der Waals surface area contributed by atoms with Gasteiger partial charge in [-0.25, -0.2) is 8.42 Å². The third-order valence-electron chi connectivity index (χ3n) is 3.87. The molecule has 1 aliphatic heterocycles. The molecule has 1 aromatic carbocycles. The average molecular weight is 294 g/mol. The normalized spacial score (nSPS) is 21.2. The van der Waals surface area contributed by atoms with Crippen LogP contribution < -0.4 is 0 Å². The van der Waals surface area contributed by atoms with Gasteiger partial charge in [0.05, 0.1) is 11.4 Å². The van der Waals surface area contributed by atoms with Crippen LogP contribution in [0.1, 0.15) is 18.4 Å². The number of piperazine rings is 1. The van der Waals surface area contributed by atoms with Crippen LogP contribution in [-0.4, -0.2) is 49.2 Å². The number of rotatable bonds is 3. The minimum absolute atomic E-state index is 0.0350. The molecule has 1 heterocycles. The van der Waals surface area contributed by atoms with Crippen LogP contribution in [0.15, 0.2) is 29.2 Å². The molecular formula is C14H18N2O3S. The van der Waals surface area contributed by atoms with E-state index in [1.54, 1.807) is 24.3 Å². The van der Waals surface area contributed by atoms with E-state index < -0.39 is 10.0 Å². The van der Waals surface area contributed by atoms with Crippen molar-refractivity contribution in [3.8, 4) is 0 Å². The predicted molar refractivity (Wildman–Crippen MR) is 74.7 cm³/mol. The highest BCUT2D eigenvalue weighted by Gasteiger charge is 2.39. The highest BCUT2D eigenvalue weighted by molar-refractivity contribution is 7.89. The molecule has 1 aromatic rings. The lowest BCUT2D eigenvalue weighted by Crippen LogP contribution is -2.52. The minimum Gasteiger partial charge on any atom is -0.337 e. The average Bonchev–Trinajstić information content (AvgIpc) is 3.23. The van der Waals surface area contributed by atoms with Crippen LogP contribution in [0.4, 0.5) is 0 Å². The van der Waals surface area contributed by atoms with Gasteiger partial charge in [-0.1, -0.05) is 17.7 Å². The monoisotopic (exact) mass is 294 g/mol.